The maximum absolute atomic E-state index is 12.8. The van der Waals surface area contributed by atoms with Crippen LogP contribution in [0.25, 0.3) is 16.9 Å². The molecule has 1 unspecified atom stereocenters. The van der Waals surface area contributed by atoms with Crippen LogP contribution >= 0.6 is 0 Å². The predicted molar refractivity (Wildman–Crippen MR) is 101 cm³/mol. The van der Waals surface area contributed by atoms with Crippen molar-refractivity contribution in [1.29, 1.82) is 0 Å². The van der Waals surface area contributed by atoms with E-state index in [9.17, 15) is 18.0 Å². The van der Waals surface area contributed by atoms with Gasteiger partial charge in [0.25, 0.3) is 0 Å². The Labute approximate surface area is 170 Å². The number of ether oxygens (including phenoxy) is 2. The van der Waals surface area contributed by atoms with Gasteiger partial charge in [0.15, 0.2) is 5.65 Å². The molecule has 2 aromatic heterocycles. The number of nitrogens with zero attached hydrogens (tertiary/aromatic N) is 4. The summed E-state index contributed by atoms with van der Waals surface area (Å²) in [7, 11) is 1.32. The number of hydrogen-bond donors (Lipinski definition) is 0. The molecule has 0 aliphatic carbocycles. The molecular formula is C20H19F3N4O3. The molecule has 158 valence electrons. The quantitative estimate of drug-likeness (QED) is 0.630. The zero-order valence-corrected chi connectivity index (χ0v) is 16.3. The molecule has 1 atom stereocenters. The number of aromatic nitrogens is 3. The Morgan fingerprint density at radius 1 is 1.23 bits per heavy atom. The molecule has 7 nitrogen and oxygen atoms in total. The number of carbonyl (C=O) groups excluding carboxylic acids is 1. The zero-order chi connectivity index (χ0) is 21.5. The molecule has 3 heterocycles. The first-order valence-corrected chi connectivity index (χ1v) is 9.25. The van der Waals surface area contributed by atoms with Gasteiger partial charge in [-0.2, -0.15) is 18.3 Å². The highest BCUT2D eigenvalue weighted by molar-refractivity contribution is 5.67. The van der Waals surface area contributed by atoms with Crippen molar-refractivity contribution in [2.45, 2.75) is 19.2 Å². The molecule has 0 N–H and O–H groups in total. The summed E-state index contributed by atoms with van der Waals surface area (Å²) in [5.41, 5.74) is 2.28. The van der Waals surface area contributed by atoms with Crippen LogP contribution in [0.15, 0.2) is 36.4 Å². The number of carbonyl (C=O) groups is 1. The summed E-state index contributed by atoms with van der Waals surface area (Å²) in [6, 6.07) is 8.34. The van der Waals surface area contributed by atoms with Gasteiger partial charge in [0.2, 0.25) is 0 Å². The Hall–Kier alpha value is -3.14. The molecule has 1 aliphatic heterocycles. The average Bonchev–Trinajstić information content (AvgIpc) is 3.16. The van der Waals surface area contributed by atoms with Gasteiger partial charge in [0.1, 0.15) is 6.10 Å². The van der Waals surface area contributed by atoms with E-state index in [1.165, 1.54) is 19.2 Å². The third-order valence-corrected chi connectivity index (χ3v) is 4.92. The highest BCUT2D eigenvalue weighted by Crippen LogP contribution is 2.31. The van der Waals surface area contributed by atoms with E-state index >= 15 is 0 Å². The number of alkyl halides is 3. The highest BCUT2D eigenvalue weighted by atomic mass is 19.4. The first-order chi connectivity index (χ1) is 14.3. The van der Waals surface area contributed by atoms with Crippen LogP contribution < -0.4 is 0 Å². The van der Waals surface area contributed by atoms with Gasteiger partial charge in [-0.25, -0.2) is 14.3 Å². The van der Waals surface area contributed by atoms with Crippen LogP contribution in [0.4, 0.5) is 18.0 Å². The first kappa shape index (κ1) is 20.1. The minimum absolute atomic E-state index is 0.292. The van der Waals surface area contributed by atoms with Crippen LogP contribution in [-0.4, -0.2) is 52.4 Å². The topological polar surface area (TPSA) is 69.0 Å². The van der Waals surface area contributed by atoms with Crippen LogP contribution in [0.1, 0.15) is 23.1 Å². The van der Waals surface area contributed by atoms with E-state index < -0.39 is 23.9 Å². The zero-order valence-electron chi connectivity index (χ0n) is 16.3. The molecule has 4 rings (SSSR count). The summed E-state index contributed by atoms with van der Waals surface area (Å²) in [6.45, 7) is 2.89. The summed E-state index contributed by atoms with van der Waals surface area (Å²) in [6.07, 6.45) is -5.27. The molecule has 10 heteroatoms. The van der Waals surface area contributed by atoms with Crippen LogP contribution in [-0.2, 0) is 15.7 Å². The number of rotatable bonds is 2. The van der Waals surface area contributed by atoms with Crippen molar-refractivity contribution >= 4 is 11.7 Å². The Kier molecular flexibility index (Phi) is 5.10. The monoisotopic (exact) mass is 420 g/mol. The van der Waals surface area contributed by atoms with Crippen molar-refractivity contribution in [1.82, 2.24) is 19.5 Å². The fourth-order valence-corrected chi connectivity index (χ4v) is 3.45. The second kappa shape index (κ2) is 7.60. The summed E-state index contributed by atoms with van der Waals surface area (Å²) >= 11 is 0. The number of amides is 1. The van der Waals surface area contributed by atoms with E-state index in [0.717, 1.165) is 17.8 Å². The third kappa shape index (κ3) is 3.82. The van der Waals surface area contributed by atoms with E-state index in [4.69, 9.17) is 9.47 Å². The van der Waals surface area contributed by atoms with Crippen LogP contribution in [0.2, 0.25) is 0 Å². The smallest absolute Gasteiger partial charge is 0.416 e. The number of aryl methyl sites for hydroxylation is 1. The molecule has 30 heavy (non-hydrogen) atoms. The van der Waals surface area contributed by atoms with E-state index in [1.807, 2.05) is 13.0 Å². The number of fused-ring (bicyclic) bond motifs is 1. The largest absolute Gasteiger partial charge is 0.453 e. The number of morpholine rings is 1. The van der Waals surface area contributed by atoms with Crippen molar-refractivity contribution in [3.63, 3.8) is 0 Å². The lowest BCUT2D eigenvalue weighted by Crippen LogP contribution is -2.42. The van der Waals surface area contributed by atoms with E-state index in [1.54, 1.807) is 15.5 Å². The summed E-state index contributed by atoms with van der Waals surface area (Å²) in [5.74, 6) is 0. The van der Waals surface area contributed by atoms with E-state index in [-0.39, 0.29) is 0 Å². The van der Waals surface area contributed by atoms with Crippen LogP contribution in [0.5, 0.6) is 0 Å². The Morgan fingerprint density at radius 3 is 2.63 bits per heavy atom. The van der Waals surface area contributed by atoms with E-state index in [2.05, 4.69) is 10.1 Å². The number of benzene rings is 1. The van der Waals surface area contributed by atoms with Crippen molar-refractivity contribution in [3.05, 3.63) is 53.3 Å². The van der Waals surface area contributed by atoms with Gasteiger partial charge in [-0.1, -0.05) is 12.1 Å². The van der Waals surface area contributed by atoms with Gasteiger partial charge < -0.3 is 14.4 Å². The maximum atomic E-state index is 12.8. The SMILES string of the molecule is COC(=O)N1CCOC(c2cc(C)nc3cc(-c4ccc(C(F)(F)F)cc4)nn23)C1. The summed E-state index contributed by atoms with van der Waals surface area (Å²) < 4.78 is 50.7. The molecule has 1 aliphatic rings. The van der Waals surface area contributed by atoms with Gasteiger partial charge in [-0.05, 0) is 25.1 Å². The second-order valence-corrected chi connectivity index (χ2v) is 6.97. The maximum Gasteiger partial charge on any atom is 0.416 e. The van der Waals surface area contributed by atoms with Crippen molar-refractivity contribution in [2.75, 3.05) is 26.8 Å². The summed E-state index contributed by atoms with van der Waals surface area (Å²) in [4.78, 5) is 17.9. The number of hydrogen-bond acceptors (Lipinski definition) is 5. The molecule has 0 spiro atoms. The molecule has 0 bridgehead atoms. The fraction of sp³-hybridized carbons (Fsp3) is 0.350. The first-order valence-electron chi connectivity index (χ1n) is 9.25. The lowest BCUT2D eigenvalue weighted by Gasteiger charge is -2.32. The fourth-order valence-electron chi connectivity index (χ4n) is 3.45. The minimum atomic E-state index is -4.40. The van der Waals surface area contributed by atoms with Crippen LogP contribution in [0.3, 0.4) is 0 Å². The molecule has 1 aromatic carbocycles. The molecule has 0 saturated carbocycles. The normalized spacial score (nSPS) is 17.4. The molecule has 1 saturated heterocycles. The standard InChI is InChI=1S/C20H19F3N4O3/c1-12-9-16(17-11-26(7-8-30-17)19(28)29-2)27-18(24-12)10-15(25-27)13-3-5-14(6-4-13)20(21,22)23/h3-6,9-10,17H,7-8,11H2,1-2H3. The van der Waals surface area contributed by atoms with Gasteiger partial charge in [0.05, 0.1) is 37.2 Å². The number of halogens is 3. The third-order valence-electron chi connectivity index (χ3n) is 4.92. The predicted octanol–water partition coefficient (Wildman–Crippen LogP) is 3.86. The molecule has 0 radical (unpaired) electrons. The molecule has 1 amide bonds. The number of methoxy groups -OCH3 is 1. The Morgan fingerprint density at radius 2 is 1.97 bits per heavy atom. The Balaban J connectivity index is 1.71. The minimum Gasteiger partial charge on any atom is -0.453 e. The second-order valence-electron chi connectivity index (χ2n) is 6.97. The van der Waals surface area contributed by atoms with E-state index in [0.29, 0.717) is 42.3 Å². The van der Waals surface area contributed by atoms with Crippen LogP contribution in [0, 0.1) is 6.92 Å². The molecule has 1 fully saturated rings. The highest BCUT2D eigenvalue weighted by Gasteiger charge is 2.30. The summed E-state index contributed by atoms with van der Waals surface area (Å²) in [5, 5.41) is 4.54. The van der Waals surface area contributed by atoms with Gasteiger partial charge in [-0.3, -0.25) is 0 Å². The molecule has 3 aromatic rings. The lowest BCUT2D eigenvalue weighted by atomic mass is 10.1. The van der Waals surface area contributed by atoms with Gasteiger partial charge >= 0.3 is 12.3 Å². The molecular weight excluding hydrogens is 401 g/mol. The average molecular weight is 420 g/mol. The van der Waals surface area contributed by atoms with Gasteiger partial charge in [-0.15, -0.1) is 0 Å². The van der Waals surface area contributed by atoms with Crippen molar-refractivity contribution < 1.29 is 27.4 Å². The van der Waals surface area contributed by atoms with Crippen molar-refractivity contribution in [3.8, 4) is 11.3 Å². The van der Waals surface area contributed by atoms with Crippen molar-refractivity contribution in [2.24, 2.45) is 0 Å². The lowest BCUT2D eigenvalue weighted by molar-refractivity contribution is -0.137. The van der Waals surface area contributed by atoms with Gasteiger partial charge in [0, 0.05) is 23.9 Å². The Bertz CT molecular complexity index is 1080.